The van der Waals surface area contributed by atoms with Crippen LogP contribution in [-0.4, -0.2) is 29.2 Å². The maximum absolute atomic E-state index is 5.77. The molecule has 0 saturated carbocycles. The maximum Gasteiger partial charge on any atom is 0.126 e. The number of anilines is 1. The van der Waals surface area contributed by atoms with Gasteiger partial charge in [-0.05, 0) is 25.2 Å². The van der Waals surface area contributed by atoms with E-state index in [0.29, 0.717) is 5.82 Å². The smallest absolute Gasteiger partial charge is 0.126 e. The van der Waals surface area contributed by atoms with Crippen LogP contribution in [0.15, 0.2) is 30.5 Å². The highest BCUT2D eigenvalue weighted by molar-refractivity contribution is 5.72. The van der Waals surface area contributed by atoms with Gasteiger partial charge in [0, 0.05) is 12.1 Å². The predicted octanol–water partition coefficient (Wildman–Crippen LogP) is 1.72. The first-order chi connectivity index (χ1) is 7.66. The van der Waals surface area contributed by atoms with Crippen molar-refractivity contribution in [1.82, 2.24) is 15.1 Å². The Hall–Kier alpha value is -1.81. The van der Waals surface area contributed by atoms with Gasteiger partial charge in [0.1, 0.15) is 5.82 Å². The van der Waals surface area contributed by atoms with Gasteiger partial charge in [-0.3, -0.25) is 5.10 Å². The molecule has 0 amide bonds. The van der Waals surface area contributed by atoms with E-state index in [4.69, 9.17) is 5.73 Å². The molecule has 16 heavy (non-hydrogen) atoms. The molecule has 4 nitrogen and oxygen atoms in total. The van der Waals surface area contributed by atoms with Crippen molar-refractivity contribution in [2.24, 2.45) is 0 Å². The van der Waals surface area contributed by atoms with Gasteiger partial charge >= 0.3 is 0 Å². The zero-order valence-electron chi connectivity index (χ0n) is 9.57. The zero-order valence-corrected chi connectivity index (χ0v) is 9.57. The van der Waals surface area contributed by atoms with Crippen molar-refractivity contribution in [2.75, 3.05) is 19.8 Å². The number of aromatic amines is 1. The molecule has 0 radical (unpaired) electrons. The highest BCUT2D eigenvalue weighted by atomic mass is 15.1. The summed E-state index contributed by atoms with van der Waals surface area (Å²) in [4.78, 5) is 2.14. The number of nitrogens with two attached hydrogens (primary N) is 1. The molecule has 0 spiro atoms. The van der Waals surface area contributed by atoms with Crippen LogP contribution < -0.4 is 5.73 Å². The summed E-state index contributed by atoms with van der Waals surface area (Å²) in [6, 6.07) is 8.36. The van der Waals surface area contributed by atoms with Crippen molar-refractivity contribution in [1.29, 1.82) is 0 Å². The molecule has 1 aromatic heterocycles. The average Bonchev–Trinajstić information content (AvgIpc) is 2.65. The fourth-order valence-electron chi connectivity index (χ4n) is 1.68. The summed E-state index contributed by atoms with van der Waals surface area (Å²) in [6.07, 6.45) is 1.75. The van der Waals surface area contributed by atoms with E-state index in [1.54, 1.807) is 6.20 Å². The molecule has 0 aliphatic rings. The minimum atomic E-state index is 0.611. The molecule has 0 saturated heterocycles. The Kier molecular flexibility index (Phi) is 2.92. The van der Waals surface area contributed by atoms with Crippen molar-refractivity contribution in [3.63, 3.8) is 0 Å². The number of aromatic nitrogens is 2. The van der Waals surface area contributed by atoms with Gasteiger partial charge in [0.05, 0.1) is 6.20 Å². The van der Waals surface area contributed by atoms with Crippen molar-refractivity contribution in [3.05, 3.63) is 36.0 Å². The van der Waals surface area contributed by atoms with Crippen molar-refractivity contribution in [2.45, 2.75) is 6.54 Å². The van der Waals surface area contributed by atoms with Gasteiger partial charge < -0.3 is 10.6 Å². The lowest BCUT2D eigenvalue weighted by Gasteiger charge is -2.09. The van der Waals surface area contributed by atoms with Gasteiger partial charge in [-0.15, -0.1) is 0 Å². The van der Waals surface area contributed by atoms with Crippen LogP contribution in [0.2, 0.25) is 0 Å². The molecule has 0 unspecified atom stereocenters. The summed E-state index contributed by atoms with van der Waals surface area (Å²) in [5.74, 6) is 0.611. The lowest BCUT2D eigenvalue weighted by atomic mass is 10.1. The van der Waals surface area contributed by atoms with Gasteiger partial charge in [-0.1, -0.05) is 24.3 Å². The number of rotatable bonds is 3. The van der Waals surface area contributed by atoms with Crippen LogP contribution in [0.25, 0.3) is 11.1 Å². The number of nitrogen functional groups attached to an aromatic ring is 1. The van der Waals surface area contributed by atoms with E-state index in [-0.39, 0.29) is 0 Å². The van der Waals surface area contributed by atoms with E-state index in [2.05, 4.69) is 53.5 Å². The summed E-state index contributed by atoms with van der Waals surface area (Å²) >= 11 is 0. The first-order valence-electron chi connectivity index (χ1n) is 5.19. The van der Waals surface area contributed by atoms with Crippen LogP contribution in [0, 0.1) is 0 Å². The molecule has 0 bridgehead atoms. The van der Waals surface area contributed by atoms with E-state index < -0.39 is 0 Å². The van der Waals surface area contributed by atoms with Gasteiger partial charge in [0.2, 0.25) is 0 Å². The molecular formula is C12H16N4. The number of nitrogens with zero attached hydrogens (tertiary/aromatic N) is 2. The third kappa shape index (κ3) is 2.23. The summed E-state index contributed by atoms with van der Waals surface area (Å²) < 4.78 is 0. The lowest BCUT2D eigenvalue weighted by molar-refractivity contribution is 0.402. The fourth-order valence-corrected chi connectivity index (χ4v) is 1.68. The monoisotopic (exact) mass is 216 g/mol. The van der Waals surface area contributed by atoms with E-state index in [1.165, 1.54) is 5.56 Å². The number of H-pyrrole nitrogens is 1. The van der Waals surface area contributed by atoms with Crippen LogP contribution in [0.1, 0.15) is 5.56 Å². The Balaban J connectivity index is 2.23. The van der Waals surface area contributed by atoms with Crippen LogP contribution in [0.3, 0.4) is 0 Å². The van der Waals surface area contributed by atoms with Gasteiger partial charge in [0.25, 0.3) is 0 Å². The lowest BCUT2D eigenvalue weighted by Crippen LogP contribution is -2.10. The number of benzene rings is 1. The Morgan fingerprint density at radius 1 is 1.25 bits per heavy atom. The molecule has 0 aliphatic carbocycles. The quantitative estimate of drug-likeness (QED) is 0.821. The molecule has 84 valence electrons. The first-order valence-corrected chi connectivity index (χ1v) is 5.19. The Morgan fingerprint density at radius 2 is 1.94 bits per heavy atom. The number of hydrogen-bond acceptors (Lipinski definition) is 3. The molecule has 4 heteroatoms. The third-order valence-corrected chi connectivity index (χ3v) is 2.43. The van der Waals surface area contributed by atoms with Gasteiger partial charge in [-0.25, -0.2) is 0 Å². The highest BCUT2D eigenvalue weighted by Gasteiger charge is 2.04. The van der Waals surface area contributed by atoms with Crippen molar-refractivity contribution in [3.8, 4) is 11.1 Å². The van der Waals surface area contributed by atoms with E-state index in [1.807, 2.05) is 0 Å². The predicted molar refractivity (Wildman–Crippen MR) is 65.8 cm³/mol. The standard InChI is InChI=1S/C12H16N4/c1-16(2)8-9-3-5-10(6-4-9)11-7-14-15-12(11)13/h3-7H,8H2,1-2H3,(H3,13,14,15). The molecule has 1 heterocycles. The molecule has 1 aromatic carbocycles. The molecule has 2 rings (SSSR count). The van der Waals surface area contributed by atoms with E-state index in [9.17, 15) is 0 Å². The van der Waals surface area contributed by atoms with Crippen LogP contribution in [0.5, 0.6) is 0 Å². The largest absolute Gasteiger partial charge is 0.384 e. The van der Waals surface area contributed by atoms with Crippen molar-refractivity contribution < 1.29 is 0 Å². The number of hydrogen-bond donors (Lipinski definition) is 2. The summed E-state index contributed by atoms with van der Waals surface area (Å²) in [5, 5.41) is 6.64. The number of nitrogens with one attached hydrogen (secondary N) is 1. The Bertz CT molecular complexity index is 456. The van der Waals surface area contributed by atoms with Crippen molar-refractivity contribution >= 4 is 5.82 Å². The van der Waals surface area contributed by atoms with Crippen LogP contribution in [0.4, 0.5) is 5.82 Å². The van der Waals surface area contributed by atoms with Crippen LogP contribution in [-0.2, 0) is 6.54 Å². The second-order valence-electron chi connectivity index (χ2n) is 4.13. The normalized spacial score (nSPS) is 10.9. The molecule has 0 atom stereocenters. The topological polar surface area (TPSA) is 57.9 Å². The SMILES string of the molecule is CN(C)Cc1ccc(-c2cn[nH]c2N)cc1. The van der Waals surface area contributed by atoms with Crippen LogP contribution >= 0.6 is 0 Å². The van der Waals surface area contributed by atoms with Gasteiger partial charge in [0.15, 0.2) is 0 Å². The first kappa shape index (κ1) is 10.7. The Labute approximate surface area is 95.1 Å². The summed E-state index contributed by atoms with van der Waals surface area (Å²) in [5.41, 5.74) is 9.10. The Morgan fingerprint density at radius 3 is 2.44 bits per heavy atom. The molecule has 2 aromatic rings. The average molecular weight is 216 g/mol. The van der Waals surface area contributed by atoms with Gasteiger partial charge in [-0.2, -0.15) is 5.10 Å². The second-order valence-corrected chi connectivity index (χ2v) is 4.13. The highest BCUT2D eigenvalue weighted by Crippen LogP contribution is 2.23. The molecule has 3 N–H and O–H groups in total. The third-order valence-electron chi connectivity index (χ3n) is 2.43. The zero-order chi connectivity index (χ0) is 11.5. The minimum Gasteiger partial charge on any atom is -0.384 e. The maximum atomic E-state index is 5.77. The second kappa shape index (κ2) is 4.37. The minimum absolute atomic E-state index is 0.611. The molecular weight excluding hydrogens is 200 g/mol. The molecule has 0 aliphatic heterocycles. The summed E-state index contributed by atoms with van der Waals surface area (Å²) in [6.45, 7) is 0.946. The van der Waals surface area contributed by atoms with E-state index in [0.717, 1.165) is 17.7 Å². The van der Waals surface area contributed by atoms with E-state index >= 15 is 0 Å². The fraction of sp³-hybridized carbons (Fsp3) is 0.250. The molecule has 0 fully saturated rings. The summed E-state index contributed by atoms with van der Waals surface area (Å²) in [7, 11) is 4.12.